The maximum absolute atomic E-state index is 5.42. The van der Waals surface area contributed by atoms with E-state index in [1.54, 1.807) is 0 Å². The Labute approximate surface area is 167 Å². The van der Waals surface area contributed by atoms with Crippen molar-refractivity contribution < 1.29 is 4.74 Å². The first kappa shape index (κ1) is 21.7. The van der Waals surface area contributed by atoms with Gasteiger partial charge in [-0.2, -0.15) is 0 Å². The molecule has 1 aliphatic heterocycles. The molecule has 1 fully saturated rings. The van der Waals surface area contributed by atoms with Crippen molar-refractivity contribution in [1.82, 2.24) is 15.1 Å². The fraction of sp³-hybridized carbons (Fsp3) is 0.706. The van der Waals surface area contributed by atoms with Crippen LogP contribution in [0.15, 0.2) is 22.5 Å². The van der Waals surface area contributed by atoms with Crippen molar-refractivity contribution in [2.45, 2.75) is 26.3 Å². The first-order chi connectivity index (χ1) is 11.2. The monoisotopic (exact) mass is 466 g/mol. The van der Waals surface area contributed by atoms with E-state index in [1.807, 2.05) is 11.3 Å². The molecule has 7 heteroatoms. The van der Waals surface area contributed by atoms with Crippen LogP contribution in [-0.2, 0) is 11.2 Å². The lowest BCUT2D eigenvalue weighted by Crippen LogP contribution is -2.45. The summed E-state index contributed by atoms with van der Waals surface area (Å²) >= 11 is 1.82. The van der Waals surface area contributed by atoms with Crippen molar-refractivity contribution >= 4 is 41.3 Å². The molecule has 0 saturated carbocycles. The molecule has 2 rings (SSSR count). The number of morpholine rings is 1. The molecule has 0 aliphatic carbocycles. The number of rotatable bonds is 7. The van der Waals surface area contributed by atoms with Gasteiger partial charge in [-0.1, -0.05) is 6.07 Å². The van der Waals surface area contributed by atoms with Gasteiger partial charge < -0.3 is 15.0 Å². The van der Waals surface area contributed by atoms with Gasteiger partial charge in [0.05, 0.1) is 19.8 Å². The van der Waals surface area contributed by atoms with Crippen molar-refractivity contribution in [2.24, 2.45) is 4.99 Å². The lowest BCUT2D eigenvalue weighted by molar-refractivity contribution is 0.0220. The number of likely N-dealkylation sites (N-methyl/N-ethyl adjacent to an activating group) is 1. The third-order valence-corrected chi connectivity index (χ3v) is 5.08. The molecule has 5 nitrogen and oxygen atoms in total. The highest BCUT2D eigenvalue weighted by Crippen LogP contribution is 2.09. The van der Waals surface area contributed by atoms with Crippen molar-refractivity contribution in [1.29, 1.82) is 0 Å². The molecule has 0 bridgehead atoms. The second-order valence-electron chi connectivity index (χ2n) is 5.94. The highest BCUT2D eigenvalue weighted by atomic mass is 127. The van der Waals surface area contributed by atoms with Gasteiger partial charge in [-0.15, -0.1) is 35.3 Å². The van der Waals surface area contributed by atoms with Crippen molar-refractivity contribution in [3.63, 3.8) is 0 Å². The Morgan fingerprint density at radius 1 is 1.46 bits per heavy atom. The molecule has 0 spiro atoms. The predicted molar refractivity (Wildman–Crippen MR) is 114 cm³/mol. The Morgan fingerprint density at radius 3 is 2.83 bits per heavy atom. The van der Waals surface area contributed by atoms with E-state index in [-0.39, 0.29) is 24.0 Å². The second kappa shape index (κ2) is 12.1. The van der Waals surface area contributed by atoms with E-state index in [1.165, 1.54) is 4.88 Å². The van der Waals surface area contributed by atoms with Crippen LogP contribution in [-0.4, -0.2) is 74.8 Å². The molecular formula is C17H31IN4OS. The molecule has 1 aromatic rings. The number of nitrogens with one attached hydrogen (secondary N) is 1. The zero-order valence-corrected chi connectivity index (χ0v) is 18.2. The first-order valence-corrected chi connectivity index (χ1v) is 9.42. The molecular weight excluding hydrogens is 435 g/mol. The van der Waals surface area contributed by atoms with Crippen molar-refractivity contribution in [2.75, 3.05) is 53.0 Å². The van der Waals surface area contributed by atoms with Gasteiger partial charge in [-0.05, 0) is 31.7 Å². The van der Waals surface area contributed by atoms with E-state index in [0.717, 1.165) is 58.3 Å². The lowest BCUT2D eigenvalue weighted by Gasteiger charge is -2.31. The maximum Gasteiger partial charge on any atom is 0.193 e. The molecule has 1 unspecified atom stereocenters. The van der Waals surface area contributed by atoms with Gasteiger partial charge in [0.15, 0.2) is 5.96 Å². The minimum Gasteiger partial charge on any atom is -0.379 e. The average Bonchev–Trinajstić information content (AvgIpc) is 3.10. The number of nitrogens with zero attached hydrogens (tertiary/aromatic N) is 3. The average molecular weight is 466 g/mol. The topological polar surface area (TPSA) is 40.1 Å². The molecule has 1 N–H and O–H groups in total. The standard InChI is InChI=1S/C17H30N4OS.HI/c1-4-18-17(20(3)8-7-16-6-5-13-23-16)19-14-15(2)21-9-11-22-12-10-21;/h5-6,13,15H,4,7-12,14H2,1-3H3,(H,18,19);1H. The quantitative estimate of drug-likeness (QED) is 0.381. The van der Waals surface area contributed by atoms with E-state index in [2.05, 4.69) is 53.5 Å². The summed E-state index contributed by atoms with van der Waals surface area (Å²) in [5, 5.41) is 5.54. The van der Waals surface area contributed by atoms with Gasteiger partial charge in [-0.25, -0.2) is 0 Å². The van der Waals surface area contributed by atoms with Crippen LogP contribution >= 0.6 is 35.3 Å². The minimum absolute atomic E-state index is 0. The number of aliphatic imine (C=N–C) groups is 1. The number of ether oxygens (including phenoxy) is 1. The molecule has 1 aromatic heterocycles. The normalized spacial score (nSPS) is 17.2. The zero-order chi connectivity index (χ0) is 16.5. The molecule has 24 heavy (non-hydrogen) atoms. The predicted octanol–water partition coefficient (Wildman–Crippen LogP) is 2.53. The Hall–Kier alpha value is -0.380. The van der Waals surface area contributed by atoms with Crippen LogP contribution in [0.25, 0.3) is 0 Å². The molecule has 1 saturated heterocycles. The molecule has 1 atom stereocenters. The first-order valence-electron chi connectivity index (χ1n) is 8.54. The summed E-state index contributed by atoms with van der Waals surface area (Å²) in [6.45, 7) is 10.8. The summed E-state index contributed by atoms with van der Waals surface area (Å²) in [7, 11) is 2.12. The largest absolute Gasteiger partial charge is 0.379 e. The minimum atomic E-state index is 0. The van der Waals surface area contributed by atoms with Crippen molar-refractivity contribution in [3.8, 4) is 0 Å². The lowest BCUT2D eigenvalue weighted by atomic mass is 10.2. The fourth-order valence-corrected chi connectivity index (χ4v) is 3.36. The summed E-state index contributed by atoms with van der Waals surface area (Å²) in [5.41, 5.74) is 0. The summed E-state index contributed by atoms with van der Waals surface area (Å²) in [6, 6.07) is 4.77. The van der Waals surface area contributed by atoms with Crippen molar-refractivity contribution in [3.05, 3.63) is 22.4 Å². The van der Waals surface area contributed by atoms with Crippen LogP contribution in [0.2, 0.25) is 0 Å². The summed E-state index contributed by atoms with van der Waals surface area (Å²) in [6.07, 6.45) is 1.07. The maximum atomic E-state index is 5.42. The van der Waals surface area contributed by atoms with E-state index in [9.17, 15) is 0 Å². The number of hydrogen-bond donors (Lipinski definition) is 1. The number of guanidine groups is 1. The van der Waals surface area contributed by atoms with E-state index in [4.69, 9.17) is 9.73 Å². The van der Waals surface area contributed by atoms with Gasteiger partial charge in [0, 0.05) is 44.1 Å². The smallest absolute Gasteiger partial charge is 0.193 e. The number of hydrogen-bond acceptors (Lipinski definition) is 4. The van der Waals surface area contributed by atoms with E-state index >= 15 is 0 Å². The molecule has 0 radical (unpaired) electrons. The fourth-order valence-electron chi connectivity index (χ4n) is 2.66. The Balaban J connectivity index is 0.00000288. The zero-order valence-electron chi connectivity index (χ0n) is 15.0. The number of thiophene rings is 1. The van der Waals surface area contributed by atoms with E-state index < -0.39 is 0 Å². The Kier molecular flexibility index (Phi) is 10.9. The van der Waals surface area contributed by atoms with Gasteiger partial charge in [-0.3, -0.25) is 9.89 Å². The van der Waals surface area contributed by atoms with Crippen LogP contribution in [0.5, 0.6) is 0 Å². The molecule has 138 valence electrons. The highest BCUT2D eigenvalue weighted by Gasteiger charge is 2.17. The summed E-state index contributed by atoms with van der Waals surface area (Å²) in [4.78, 5) is 11.0. The molecule has 0 aromatic carbocycles. The second-order valence-corrected chi connectivity index (χ2v) is 6.98. The Morgan fingerprint density at radius 2 is 2.21 bits per heavy atom. The van der Waals surface area contributed by atoms with Gasteiger partial charge >= 0.3 is 0 Å². The molecule has 2 heterocycles. The Bertz CT molecular complexity index is 463. The SMILES string of the molecule is CCNC(=NCC(C)N1CCOCC1)N(C)CCc1cccs1.I. The molecule has 1 aliphatic rings. The van der Waals surface area contributed by atoms with Crippen LogP contribution in [0.1, 0.15) is 18.7 Å². The summed E-state index contributed by atoms with van der Waals surface area (Å²) in [5.74, 6) is 1.00. The summed E-state index contributed by atoms with van der Waals surface area (Å²) < 4.78 is 5.42. The van der Waals surface area contributed by atoms with Crippen LogP contribution in [0.3, 0.4) is 0 Å². The van der Waals surface area contributed by atoms with Crippen LogP contribution in [0, 0.1) is 0 Å². The third kappa shape index (κ3) is 7.25. The number of halogens is 1. The van der Waals surface area contributed by atoms with Crippen LogP contribution in [0.4, 0.5) is 0 Å². The third-order valence-electron chi connectivity index (χ3n) is 4.14. The van der Waals surface area contributed by atoms with E-state index in [0.29, 0.717) is 6.04 Å². The van der Waals surface area contributed by atoms with Gasteiger partial charge in [0.1, 0.15) is 0 Å². The molecule has 0 amide bonds. The highest BCUT2D eigenvalue weighted by molar-refractivity contribution is 14.0. The van der Waals surface area contributed by atoms with Crippen LogP contribution < -0.4 is 5.32 Å². The van der Waals surface area contributed by atoms with Gasteiger partial charge in [0.25, 0.3) is 0 Å². The van der Waals surface area contributed by atoms with Gasteiger partial charge in [0.2, 0.25) is 0 Å².